The van der Waals surface area contributed by atoms with Gasteiger partial charge in [-0.2, -0.15) is 0 Å². The first kappa shape index (κ1) is 18.5. The van der Waals surface area contributed by atoms with Crippen LogP contribution in [-0.2, 0) is 21.5 Å². The van der Waals surface area contributed by atoms with E-state index >= 15 is 0 Å². The number of halogens is 1. The normalized spacial score (nSPS) is 26.5. The van der Waals surface area contributed by atoms with Gasteiger partial charge in [0.05, 0.1) is 5.41 Å². The zero-order valence-electron chi connectivity index (χ0n) is 15.5. The van der Waals surface area contributed by atoms with Crippen molar-refractivity contribution in [2.45, 2.75) is 51.2 Å². The van der Waals surface area contributed by atoms with Crippen LogP contribution in [0.25, 0.3) is 0 Å². The minimum absolute atomic E-state index is 0.00728. The van der Waals surface area contributed by atoms with Crippen LogP contribution in [0.2, 0.25) is 0 Å². The van der Waals surface area contributed by atoms with Crippen molar-refractivity contribution in [1.29, 1.82) is 0 Å². The lowest BCUT2D eigenvalue weighted by molar-refractivity contribution is -0.140. The van der Waals surface area contributed by atoms with Crippen molar-refractivity contribution in [3.05, 3.63) is 35.1 Å². The first-order chi connectivity index (χ1) is 11.9. The molecule has 1 aliphatic heterocycles. The van der Waals surface area contributed by atoms with Crippen LogP contribution in [0.1, 0.15) is 44.7 Å². The number of ketones is 1. The van der Waals surface area contributed by atoms with Crippen LogP contribution in [-0.4, -0.2) is 40.3 Å². The summed E-state index contributed by atoms with van der Waals surface area (Å²) in [6.45, 7) is 5.07. The molecule has 1 atom stereocenters. The van der Waals surface area contributed by atoms with Gasteiger partial charge in [-0.25, -0.2) is 9.38 Å². The second kappa shape index (κ2) is 5.61. The van der Waals surface area contributed by atoms with E-state index in [4.69, 9.17) is 5.73 Å². The molecule has 3 rings (SSSR count). The Morgan fingerprint density at radius 1 is 1.35 bits per heavy atom. The zero-order valence-corrected chi connectivity index (χ0v) is 15.5. The second-order valence-corrected chi connectivity index (χ2v) is 7.98. The minimum atomic E-state index is -1.23. The van der Waals surface area contributed by atoms with Gasteiger partial charge < -0.3 is 10.8 Å². The van der Waals surface area contributed by atoms with E-state index in [1.165, 1.54) is 24.1 Å². The Balaban J connectivity index is 2.06. The van der Waals surface area contributed by atoms with Gasteiger partial charge in [-0.05, 0) is 51.3 Å². The summed E-state index contributed by atoms with van der Waals surface area (Å²) in [4.78, 5) is 30.6. The molecule has 0 bridgehead atoms. The second-order valence-electron chi connectivity index (χ2n) is 7.98. The predicted molar refractivity (Wildman–Crippen MR) is 94.8 cm³/mol. The zero-order chi connectivity index (χ0) is 19.5. The summed E-state index contributed by atoms with van der Waals surface area (Å²) in [5.41, 5.74) is 3.17. The Labute approximate surface area is 151 Å². The van der Waals surface area contributed by atoms with Crippen molar-refractivity contribution in [1.82, 2.24) is 4.90 Å². The molecule has 0 spiro atoms. The topological polar surface area (TPSA) is 96.0 Å². The Bertz CT molecular complexity index is 829. The van der Waals surface area contributed by atoms with Gasteiger partial charge in [0.15, 0.2) is 11.7 Å². The number of benzene rings is 1. The molecule has 140 valence electrons. The molecule has 2 aliphatic rings. The lowest BCUT2D eigenvalue weighted by Crippen LogP contribution is -2.58. The highest BCUT2D eigenvalue weighted by Crippen LogP contribution is 2.47. The Morgan fingerprint density at radius 2 is 1.96 bits per heavy atom. The first-order valence-electron chi connectivity index (χ1n) is 8.60. The molecule has 26 heavy (non-hydrogen) atoms. The first-order valence-corrected chi connectivity index (χ1v) is 8.60. The van der Waals surface area contributed by atoms with Gasteiger partial charge in [-0.15, -0.1) is 0 Å². The van der Waals surface area contributed by atoms with E-state index in [1.807, 2.05) is 0 Å². The van der Waals surface area contributed by atoms with Crippen LogP contribution in [0.3, 0.4) is 0 Å². The fraction of sp³-hybridized carbons (Fsp3) is 0.526. The molecular formula is C19H24FN3O3. The van der Waals surface area contributed by atoms with Gasteiger partial charge in [0, 0.05) is 19.0 Å². The van der Waals surface area contributed by atoms with E-state index < -0.39 is 22.4 Å². The van der Waals surface area contributed by atoms with E-state index in [2.05, 4.69) is 4.99 Å². The minimum Gasteiger partial charge on any atom is -0.382 e. The standard InChI is InChI=1S/C19H24FN3O3/c1-17(2)15(25)23(4)16(21)22-18(17,3)12-9-11(5-6-13(12)20)10-14(24)19(26)7-8-19/h5-6,9,26H,7-8,10H2,1-4H3,(H2,21,22)/t18-/m1/s1. The summed E-state index contributed by atoms with van der Waals surface area (Å²) in [7, 11) is 1.53. The number of carbonyl (C=O) groups is 2. The Kier molecular flexibility index (Phi) is 3.99. The highest BCUT2D eigenvalue weighted by molar-refractivity contribution is 6.01. The summed E-state index contributed by atoms with van der Waals surface area (Å²) in [6, 6.07) is 4.34. The maximum Gasteiger partial charge on any atom is 0.237 e. The molecule has 1 heterocycles. The van der Waals surface area contributed by atoms with Gasteiger partial charge in [0.1, 0.15) is 17.0 Å². The van der Waals surface area contributed by atoms with Crippen LogP contribution in [0, 0.1) is 11.2 Å². The quantitative estimate of drug-likeness (QED) is 0.849. The molecule has 1 aliphatic carbocycles. The fourth-order valence-electron chi connectivity index (χ4n) is 3.37. The van der Waals surface area contributed by atoms with E-state index in [-0.39, 0.29) is 29.6 Å². The average Bonchev–Trinajstić information content (AvgIpc) is 3.32. The molecule has 0 unspecified atom stereocenters. The molecule has 0 radical (unpaired) electrons. The molecule has 7 heteroatoms. The van der Waals surface area contributed by atoms with Crippen LogP contribution >= 0.6 is 0 Å². The molecule has 0 saturated heterocycles. The maximum atomic E-state index is 14.7. The SMILES string of the molecule is CN1C(=O)C(C)(C)[C@@](C)(c2cc(CC(=O)C3(O)CC3)ccc2F)N=C1N. The monoisotopic (exact) mass is 361 g/mol. The predicted octanol–water partition coefficient (Wildman–Crippen LogP) is 1.49. The number of Topliss-reactive ketones (excluding diaryl/α,β-unsaturated/α-hetero) is 1. The number of carbonyl (C=O) groups excluding carboxylic acids is 2. The average molecular weight is 361 g/mol. The third-order valence-electron chi connectivity index (χ3n) is 5.90. The molecule has 6 nitrogen and oxygen atoms in total. The van der Waals surface area contributed by atoms with Crippen molar-refractivity contribution in [3.8, 4) is 0 Å². The van der Waals surface area contributed by atoms with Gasteiger partial charge in [-0.1, -0.05) is 6.07 Å². The number of nitrogens with zero attached hydrogens (tertiary/aromatic N) is 2. The van der Waals surface area contributed by atoms with Gasteiger partial charge in [-0.3, -0.25) is 14.5 Å². The van der Waals surface area contributed by atoms with Crippen molar-refractivity contribution in [2.24, 2.45) is 16.1 Å². The maximum absolute atomic E-state index is 14.7. The van der Waals surface area contributed by atoms with Crippen LogP contribution < -0.4 is 5.73 Å². The lowest BCUT2D eigenvalue weighted by atomic mass is 9.67. The smallest absolute Gasteiger partial charge is 0.237 e. The number of hydrogen-bond acceptors (Lipinski definition) is 5. The molecule has 1 amide bonds. The van der Waals surface area contributed by atoms with Crippen LogP contribution in [0.5, 0.6) is 0 Å². The number of amides is 1. The highest BCUT2D eigenvalue weighted by Gasteiger charge is 2.54. The molecule has 1 fully saturated rings. The molecular weight excluding hydrogens is 337 g/mol. The van der Waals surface area contributed by atoms with E-state index in [1.54, 1.807) is 26.8 Å². The number of guanidine groups is 1. The third kappa shape index (κ3) is 2.61. The lowest BCUT2D eigenvalue weighted by Gasteiger charge is -2.46. The van der Waals surface area contributed by atoms with E-state index in [0.29, 0.717) is 18.4 Å². The van der Waals surface area contributed by atoms with Gasteiger partial charge in [0.25, 0.3) is 0 Å². The molecule has 1 aromatic carbocycles. The Morgan fingerprint density at radius 3 is 2.54 bits per heavy atom. The van der Waals surface area contributed by atoms with Crippen molar-refractivity contribution >= 4 is 17.6 Å². The molecule has 1 saturated carbocycles. The fourth-order valence-corrected chi connectivity index (χ4v) is 3.37. The summed E-state index contributed by atoms with van der Waals surface area (Å²) in [5, 5.41) is 9.95. The number of rotatable bonds is 4. The summed E-state index contributed by atoms with van der Waals surface area (Å²) in [6.07, 6.45) is 0.936. The van der Waals surface area contributed by atoms with Gasteiger partial charge >= 0.3 is 0 Å². The van der Waals surface area contributed by atoms with Crippen molar-refractivity contribution in [3.63, 3.8) is 0 Å². The molecule has 0 aromatic heterocycles. The summed E-state index contributed by atoms with van der Waals surface area (Å²) in [5.74, 6) is -1.04. The molecule has 1 aromatic rings. The largest absolute Gasteiger partial charge is 0.382 e. The number of hydrogen-bond donors (Lipinski definition) is 2. The summed E-state index contributed by atoms with van der Waals surface area (Å²) < 4.78 is 14.7. The van der Waals surface area contributed by atoms with Crippen molar-refractivity contribution < 1.29 is 19.1 Å². The van der Waals surface area contributed by atoms with Crippen molar-refractivity contribution in [2.75, 3.05) is 7.05 Å². The number of aliphatic hydroxyl groups is 1. The summed E-state index contributed by atoms with van der Waals surface area (Å²) >= 11 is 0. The Hall–Kier alpha value is -2.28. The third-order valence-corrected chi connectivity index (χ3v) is 5.90. The van der Waals surface area contributed by atoms with Gasteiger partial charge in [0.2, 0.25) is 5.91 Å². The van der Waals surface area contributed by atoms with E-state index in [9.17, 15) is 19.1 Å². The van der Waals surface area contributed by atoms with E-state index in [0.717, 1.165) is 0 Å². The number of aliphatic imine (C=N–C) groups is 1. The van der Waals surface area contributed by atoms with Crippen LogP contribution in [0.15, 0.2) is 23.2 Å². The van der Waals surface area contributed by atoms with Crippen LogP contribution in [0.4, 0.5) is 4.39 Å². The molecule has 3 N–H and O–H groups in total. The number of nitrogens with two attached hydrogens (primary N) is 1. The highest BCUT2D eigenvalue weighted by atomic mass is 19.1.